The zero-order valence-electron chi connectivity index (χ0n) is 13.6. The first-order valence-electron chi connectivity index (χ1n) is 8.11. The second-order valence-corrected chi connectivity index (χ2v) is 6.64. The van der Waals surface area contributed by atoms with Crippen molar-refractivity contribution in [3.8, 4) is 0 Å². The molecule has 1 aromatic carbocycles. The predicted molar refractivity (Wildman–Crippen MR) is 85.2 cm³/mol. The maximum Gasteiger partial charge on any atom is 0.305 e. The first kappa shape index (κ1) is 16.0. The molecule has 0 spiro atoms. The van der Waals surface area contributed by atoms with Crippen molar-refractivity contribution in [1.82, 2.24) is 4.90 Å². The van der Waals surface area contributed by atoms with Crippen molar-refractivity contribution < 1.29 is 19.4 Å². The second-order valence-electron chi connectivity index (χ2n) is 6.64. The van der Waals surface area contributed by atoms with Gasteiger partial charge in [0.25, 0.3) is 0 Å². The van der Waals surface area contributed by atoms with Crippen LogP contribution in [0, 0.1) is 12.8 Å². The van der Waals surface area contributed by atoms with Gasteiger partial charge < -0.3 is 14.7 Å². The summed E-state index contributed by atoms with van der Waals surface area (Å²) in [5.41, 5.74) is 2.45. The summed E-state index contributed by atoms with van der Waals surface area (Å²) in [6, 6.07) is 7.92. The molecule has 1 amide bonds. The number of carbonyl (C=O) groups excluding carboxylic acids is 1. The van der Waals surface area contributed by atoms with Crippen molar-refractivity contribution in [1.29, 1.82) is 0 Å². The Bertz CT molecular complexity index is 615. The molecule has 4 unspecified atom stereocenters. The molecule has 1 N–H and O–H groups in total. The number of nitrogens with zero attached hydrogens (tertiary/aromatic N) is 1. The summed E-state index contributed by atoms with van der Waals surface area (Å²) in [6.45, 7) is 2.57. The molecule has 1 saturated carbocycles. The maximum atomic E-state index is 12.8. The monoisotopic (exact) mass is 317 g/mol. The summed E-state index contributed by atoms with van der Waals surface area (Å²) in [4.78, 5) is 25.6. The summed E-state index contributed by atoms with van der Waals surface area (Å²) >= 11 is 0. The van der Waals surface area contributed by atoms with E-state index in [1.54, 1.807) is 12.0 Å². The Morgan fingerprint density at radius 1 is 1.30 bits per heavy atom. The van der Waals surface area contributed by atoms with Gasteiger partial charge in [-0.3, -0.25) is 9.59 Å². The standard InChI is InChI=1S/C18H23NO4/c1-11-5-3-4-6-14(11)15-9-16(15)18(22)19-10-13(23-2)7-12(19)8-17(20)21/h3-6,12-13,15-16H,7-10H2,1-2H3,(H,20,21). The van der Waals surface area contributed by atoms with Crippen LogP contribution in [-0.2, 0) is 14.3 Å². The van der Waals surface area contributed by atoms with Gasteiger partial charge >= 0.3 is 5.97 Å². The van der Waals surface area contributed by atoms with E-state index < -0.39 is 5.97 Å². The highest BCUT2D eigenvalue weighted by Crippen LogP contribution is 2.50. The summed E-state index contributed by atoms with van der Waals surface area (Å²) in [5.74, 6) is -0.515. The Morgan fingerprint density at radius 3 is 2.70 bits per heavy atom. The molecular formula is C18H23NO4. The van der Waals surface area contributed by atoms with Crippen molar-refractivity contribution in [3.63, 3.8) is 0 Å². The molecule has 2 fully saturated rings. The second kappa shape index (κ2) is 6.32. The number of hydrogen-bond acceptors (Lipinski definition) is 3. The van der Waals surface area contributed by atoms with Gasteiger partial charge in [0, 0.05) is 25.6 Å². The van der Waals surface area contributed by atoms with Crippen LogP contribution in [0.5, 0.6) is 0 Å². The number of carboxylic acids is 1. The molecule has 1 heterocycles. The molecule has 0 aromatic heterocycles. The van der Waals surface area contributed by atoms with E-state index in [2.05, 4.69) is 19.1 Å². The molecule has 5 nitrogen and oxygen atoms in total. The molecule has 1 aliphatic carbocycles. The fourth-order valence-corrected chi connectivity index (χ4v) is 3.74. The topological polar surface area (TPSA) is 66.8 Å². The number of ether oxygens (including phenoxy) is 1. The molecule has 5 heteroatoms. The summed E-state index contributed by atoms with van der Waals surface area (Å²) in [5, 5.41) is 9.07. The number of amides is 1. The van der Waals surface area contributed by atoms with Crippen molar-refractivity contribution in [2.75, 3.05) is 13.7 Å². The molecule has 3 rings (SSSR count). The van der Waals surface area contributed by atoms with E-state index in [1.807, 2.05) is 12.1 Å². The molecule has 0 bridgehead atoms. The number of benzene rings is 1. The van der Waals surface area contributed by atoms with E-state index in [4.69, 9.17) is 9.84 Å². The number of methoxy groups -OCH3 is 1. The number of likely N-dealkylation sites (tertiary alicyclic amines) is 1. The third-order valence-corrected chi connectivity index (χ3v) is 5.10. The van der Waals surface area contributed by atoms with Crippen molar-refractivity contribution in [2.45, 2.75) is 44.2 Å². The lowest BCUT2D eigenvalue weighted by molar-refractivity contribution is -0.140. The van der Waals surface area contributed by atoms with Gasteiger partial charge in [0.15, 0.2) is 0 Å². The highest BCUT2D eigenvalue weighted by molar-refractivity contribution is 5.84. The van der Waals surface area contributed by atoms with Crippen molar-refractivity contribution in [3.05, 3.63) is 35.4 Å². The van der Waals surface area contributed by atoms with Gasteiger partial charge in [-0.1, -0.05) is 24.3 Å². The average molecular weight is 317 g/mol. The van der Waals surface area contributed by atoms with Gasteiger partial charge in [0.1, 0.15) is 0 Å². The molecule has 1 saturated heterocycles. The van der Waals surface area contributed by atoms with Crippen LogP contribution in [0.25, 0.3) is 0 Å². The molecule has 4 atom stereocenters. The minimum atomic E-state index is -0.865. The van der Waals surface area contributed by atoms with Crippen LogP contribution >= 0.6 is 0 Å². The number of hydrogen-bond donors (Lipinski definition) is 1. The zero-order chi connectivity index (χ0) is 16.6. The minimum Gasteiger partial charge on any atom is -0.481 e. The number of rotatable bonds is 5. The van der Waals surface area contributed by atoms with Gasteiger partial charge in [-0.2, -0.15) is 0 Å². The predicted octanol–water partition coefficient (Wildman–Crippen LogP) is 2.19. The summed E-state index contributed by atoms with van der Waals surface area (Å²) in [7, 11) is 1.61. The van der Waals surface area contributed by atoms with Crippen LogP contribution in [0.2, 0.25) is 0 Å². The van der Waals surface area contributed by atoms with Crippen LogP contribution in [0.3, 0.4) is 0 Å². The zero-order valence-corrected chi connectivity index (χ0v) is 13.6. The first-order chi connectivity index (χ1) is 11.0. The van der Waals surface area contributed by atoms with E-state index in [0.717, 1.165) is 6.42 Å². The SMILES string of the molecule is COC1CC(CC(=O)O)N(C(=O)C2CC2c2ccccc2C)C1. The number of aliphatic carboxylic acids is 1. The fourth-order valence-electron chi connectivity index (χ4n) is 3.74. The molecule has 1 aliphatic heterocycles. The average Bonchev–Trinajstić information content (AvgIpc) is 3.20. The van der Waals surface area contributed by atoms with Gasteiger partial charge in [-0.15, -0.1) is 0 Å². The maximum absolute atomic E-state index is 12.8. The van der Waals surface area contributed by atoms with Crippen molar-refractivity contribution in [2.24, 2.45) is 5.92 Å². The Labute approximate surface area is 136 Å². The fraction of sp³-hybridized carbons (Fsp3) is 0.556. The van der Waals surface area contributed by atoms with E-state index in [-0.39, 0.29) is 36.3 Å². The van der Waals surface area contributed by atoms with Gasteiger partial charge in [0.05, 0.1) is 12.5 Å². The minimum absolute atomic E-state index is 0.00660. The Morgan fingerprint density at radius 2 is 2.04 bits per heavy atom. The lowest BCUT2D eigenvalue weighted by Gasteiger charge is -2.23. The normalized spacial score (nSPS) is 29.6. The largest absolute Gasteiger partial charge is 0.481 e. The highest BCUT2D eigenvalue weighted by atomic mass is 16.5. The van der Waals surface area contributed by atoms with Crippen LogP contribution in [-0.4, -0.2) is 47.7 Å². The van der Waals surface area contributed by atoms with Crippen LogP contribution in [0.1, 0.15) is 36.3 Å². The van der Waals surface area contributed by atoms with Crippen LogP contribution in [0.4, 0.5) is 0 Å². The Hall–Kier alpha value is -1.88. The van der Waals surface area contributed by atoms with E-state index in [0.29, 0.717) is 13.0 Å². The Kier molecular flexibility index (Phi) is 4.39. The smallest absolute Gasteiger partial charge is 0.305 e. The van der Waals surface area contributed by atoms with E-state index in [1.165, 1.54) is 11.1 Å². The summed E-state index contributed by atoms with van der Waals surface area (Å²) < 4.78 is 5.35. The van der Waals surface area contributed by atoms with Gasteiger partial charge in [-0.05, 0) is 36.8 Å². The third kappa shape index (κ3) is 3.24. The first-order valence-corrected chi connectivity index (χ1v) is 8.11. The lowest BCUT2D eigenvalue weighted by Crippen LogP contribution is -2.38. The van der Waals surface area contributed by atoms with Gasteiger partial charge in [0.2, 0.25) is 5.91 Å². The molecule has 23 heavy (non-hydrogen) atoms. The molecule has 1 aromatic rings. The quantitative estimate of drug-likeness (QED) is 0.904. The molecule has 0 radical (unpaired) electrons. The molecular weight excluding hydrogens is 294 g/mol. The van der Waals surface area contributed by atoms with Crippen LogP contribution < -0.4 is 0 Å². The van der Waals surface area contributed by atoms with Crippen LogP contribution in [0.15, 0.2) is 24.3 Å². The number of carboxylic acid groups (broad SMARTS) is 1. The summed E-state index contributed by atoms with van der Waals surface area (Å²) in [6.07, 6.45) is 1.40. The van der Waals surface area contributed by atoms with E-state index >= 15 is 0 Å². The number of aryl methyl sites for hydroxylation is 1. The van der Waals surface area contributed by atoms with Gasteiger partial charge in [-0.25, -0.2) is 0 Å². The van der Waals surface area contributed by atoms with E-state index in [9.17, 15) is 9.59 Å². The molecule has 2 aliphatic rings. The highest BCUT2D eigenvalue weighted by Gasteiger charge is 2.49. The molecule has 124 valence electrons. The number of carbonyl (C=O) groups is 2. The Balaban J connectivity index is 1.70. The van der Waals surface area contributed by atoms with Crippen molar-refractivity contribution >= 4 is 11.9 Å². The lowest BCUT2D eigenvalue weighted by atomic mass is 10.0. The third-order valence-electron chi connectivity index (χ3n) is 5.10.